The van der Waals surface area contributed by atoms with Gasteiger partial charge in [0.2, 0.25) is 0 Å². The molecule has 2 aliphatic rings. The van der Waals surface area contributed by atoms with Gasteiger partial charge in [0.1, 0.15) is 0 Å². The maximum atomic E-state index is 5.23. The van der Waals surface area contributed by atoms with Crippen molar-refractivity contribution in [2.24, 2.45) is 11.3 Å². The highest BCUT2D eigenvalue weighted by Gasteiger charge is 2.48. The summed E-state index contributed by atoms with van der Waals surface area (Å²) in [4.78, 5) is 0. The molecule has 2 saturated carbocycles. The summed E-state index contributed by atoms with van der Waals surface area (Å²) in [7, 11) is 1.80. The van der Waals surface area contributed by atoms with Crippen LogP contribution < -0.4 is 5.32 Å². The van der Waals surface area contributed by atoms with Crippen LogP contribution in [0.5, 0.6) is 0 Å². The average molecular weight is 211 g/mol. The molecular formula is C13H25NO. The van der Waals surface area contributed by atoms with Gasteiger partial charge in [-0.05, 0) is 43.4 Å². The molecule has 0 amide bonds. The lowest BCUT2D eigenvalue weighted by molar-refractivity contribution is 0.0836. The van der Waals surface area contributed by atoms with Gasteiger partial charge in [0.25, 0.3) is 0 Å². The summed E-state index contributed by atoms with van der Waals surface area (Å²) in [5.74, 6) is 1.05. The van der Waals surface area contributed by atoms with Crippen LogP contribution >= 0.6 is 0 Å². The van der Waals surface area contributed by atoms with Crippen molar-refractivity contribution < 1.29 is 4.74 Å². The van der Waals surface area contributed by atoms with Gasteiger partial charge < -0.3 is 10.1 Å². The minimum atomic E-state index is 0.561. The molecule has 0 saturated heterocycles. The molecule has 15 heavy (non-hydrogen) atoms. The van der Waals surface area contributed by atoms with Crippen molar-refractivity contribution >= 4 is 0 Å². The second kappa shape index (κ2) is 4.84. The second-order valence-corrected chi connectivity index (χ2v) is 5.43. The standard InChI is InChI=1S/C13H25NO/c1-3-12(9-15-2)14-10-13(7-4-8-13)11-5-6-11/h11-12,14H,3-10H2,1-2H3. The molecule has 2 aliphatic carbocycles. The van der Waals surface area contributed by atoms with Gasteiger partial charge in [-0.15, -0.1) is 0 Å². The Balaban J connectivity index is 1.75. The topological polar surface area (TPSA) is 21.3 Å². The lowest BCUT2D eigenvalue weighted by Crippen LogP contribution is -2.46. The first-order valence-electron chi connectivity index (χ1n) is 6.53. The Hall–Kier alpha value is -0.0800. The third-order valence-electron chi connectivity index (χ3n) is 4.40. The molecule has 0 aromatic rings. The van der Waals surface area contributed by atoms with E-state index in [0.29, 0.717) is 11.5 Å². The second-order valence-electron chi connectivity index (χ2n) is 5.43. The molecule has 0 spiro atoms. The van der Waals surface area contributed by atoms with Crippen LogP contribution in [0.25, 0.3) is 0 Å². The SMILES string of the molecule is CCC(COC)NCC1(C2CC2)CCC1. The lowest BCUT2D eigenvalue weighted by Gasteiger charge is -2.43. The predicted molar refractivity (Wildman–Crippen MR) is 63.0 cm³/mol. The van der Waals surface area contributed by atoms with E-state index in [9.17, 15) is 0 Å². The summed E-state index contributed by atoms with van der Waals surface area (Å²) in [6.07, 6.45) is 8.54. The quantitative estimate of drug-likeness (QED) is 0.699. The Labute approximate surface area is 93.8 Å². The van der Waals surface area contributed by atoms with Crippen LogP contribution in [-0.2, 0) is 4.74 Å². The number of hydrogen-bond donors (Lipinski definition) is 1. The van der Waals surface area contributed by atoms with E-state index < -0.39 is 0 Å². The van der Waals surface area contributed by atoms with Crippen LogP contribution in [0.15, 0.2) is 0 Å². The molecule has 2 nitrogen and oxygen atoms in total. The van der Waals surface area contributed by atoms with E-state index in [0.717, 1.165) is 12.5 Å². The molecule has 2 rings (SSSR count). The monoisotopic (exact) mass is 211 g/mol. The zero-order chi connectivity index (χ0) is 10.7. The van der Waals surface area contributed by atoms with E-state index in [1.165, 1.54) is 45.1 Å². The molecule has 0 aliphatic heterocycles. The van der Waals surface area contributed by atoms with Crippen LogP contribution in [-0.4, -0.2) is 26.3 Å². The van der Waals surface area contributed by atoms with Crippen LogP contribution in [0.2, 0.25) is 0 Å². The van der Waals surface area contributed by atoms with Crippen LogP contribution in [0.3, 0.4) is 0 Å². The molecule has 1 atom stereocenters. The minimum absolute atomic E-state index is 0.561. The van der Waals surface area contributed by atoms with Crippen molar-refractivity contribution in [1.82, 2.24) is 5.32 Å². The molecule has 0 bridgehead atoms. The normalized spacial score (nSPS) is 26.0. The maximum absolute atomic E-state index is 5.23. The Morgan fingerprint density at radius 3 is 2.53 bits per heavy atom. The van der Waals surface area contributed by atoms with Gasteiger partial charge in [-0.3, -0.25) is 0 Å². The lowest BCUT2D eigenvalue weighted by atomic mass is 9.65. The van der Waals surface area contributed by atoms with Crippen molar-refractivity contribution in [3.05, 3.63) is 0 Å². The fourth-order valence-corrected chi connectivity index (χ4v) is 2.93. The summed E-state index contributed by atoms with van der Waals surface area (Å²) in [6.45, 7) is 4.33. The first kappa shape index (κ1) is 11.4. The fourth-order valence-electron chi connectivity index (χ4n) is 2.93. The number of methoxy groups -OCH3 is 1. The van der Waals surface area contributed by atoms with Gasteiger partial charge in [0, 0.05) is 19.7 Å². The molecule has 0 heterocycles. The third-order valence-corrected chi connectivity index (χ3v) is 4.40. The predicted octanol–water partition coefficient (Wildman–Crippen LogP) is 2.58. The van der Waals surface area contributed by atoms with E-state index in [1.807, 2.05) is 0 Å². The Morgan fingerprint density at radius 1 is 1.40 bits per heavy atom. The van der Waals surface area contributed by atoms with Gasteiger partial charge in [-0.25, -0.2) is 0 Å². The minimum Gasteiger partial charge on any atom is -0.383 e. The van der Waals surface area contributed by atoms with Gasteiger partial charge in [-0.2, -0.15) is 0 Å². The van der Waals surface area contributed by atoms with Crippen molar-refractivity contribution in [2.75, 3.05) is 20.3 Å². The highest BCUT2D eigenvalue weighted by molar-refractivity contribution is 5.00. The Bertz CT molecular complexity index is 197. The molecule has 0 radical (unpaired) electrons. The largest absolute Gasteiger partial charge is 0.383 e. The van der Waals surface area contributed by atoms with Gasteiger partial charge in [0.15, 0.2) is 0 Å². The average Bonchev–Trinajstić information content (AvgIpc) is 2.98. The van der Waals surface area contributed by atoms with Gasteiger partial charge >= 0.3 is 0 Å². The fraction of sp³-hybridized carbons (Fsp3) is 1.00. The van der Waals surface area contributed by atoms with Gasteiger partial charge in [0.05, 0.1) is 6.61 Å². The molecule has 1 unspecified atom stereocenters. The zero-order valence-corrected chi connectivity index (χ0v) is 10.2. The van der Waals surface area contributed by atoms with Crippen molar-refractivity contribution in [3.8, 4) is 0 Å². The highest BCUT2D eigenvalue weighted by Crippen LogP contribution is 2.56. The summed E-state index contributed by atoms with van der Waals surface area (Å²) in [5.41, 5.74) is 0.696. The number of nitrogens with one attached hydrogen (secondary N) is 1. The summed E-state index contributed by atoms with van der Waals surface area (Å²) < 4.78 is 5.23. The van der Waals surface area contributed by atoms with Gasteiger partial charge in [-0.1, -0.05) is 13.3 Å². The summed E-state index contributed by atoms with van der Waals surface area (Å²) >= 11 is 0. The van der Waals surface area contributed by atoms with E-state index in [-0.39, 0.29) is 0 Å². The first-order chi connectivity index (χ1) is 7.30. The molecule has 2 heteroatoms. The number of ether oxygens (including phenoxy) is 1. The third kappa shape index (κ3) is 2.54. The van der Waals surface area contributed by atoms with Crippen molar-refractivity contribution in [2.45, 2.75) is 51.5 Å². The molecular weight excluding hydrogens is 186 g/mol. The number of hydrogen-bond acceptors (Lipinski definition) is 2. The first-order valence-corrected chi connectivity index (χ1v) is 6.53. The molecule has 0 aromatic heterocycles. The van der Waals surface area contributed by atoms with E-state index >= 15 is 0 Å². The summed E-state index contributed by atoms with van der Waals surface area (Å²) in [5, 5.41) is 3.71. The van der Waals surface area contributed by atoms with Crippen LogP contribution in [0.1, 0.15) is 45.4 Å². The molecule has 2 fully saturated rings. The zero-order valence-electron chi connectivity index (χ0n) is 10.2. The molecule has 88 valence electrons. The molecule has 0 aromatic carbocycles. The van der Waals surface area contributed by atoms with Crippen molar-refractivity contribution in [1.29, 1.82) is 0 Å². The Morgan fingerprint density at radius 2 is 2.13 bits per heavy atom. The van der Waals surface area contributed by atoms with E-state index in [2.05, 4.69) is 12.2 Å². The van der Waals surface area contributed by atoms with Crippen molar-refractivity contribution in [3.63, 3.8) is 0 Å². The summed E-state index contributed by atoms with van der Waals surface area (Å²) in [6, 6.07) is 0.561. The van der Waals surface area contributed by atoms with E-state index in [4.69, 9.17) is 4.74 Å². The van der Waals surface area contributed by atoms with Crippen LogP contribution in [0, 0.1) is 11.3 Å². The Kier molecular flexibility index (Phi) is 3.68. The highest BCUT2D eigenvalue weighted by atomic mass is 16.5. The smallest absolute Gasteiger partial charge is 0.0615 e. The maximum Gasteiger partial charge on any atom is 0.0615 e. The molecule has 1 N–H and O–H groups in total. The van der Waals surface area contributed by atoms with Crippen LogP contribution in [0.4, 0.5) is 0 Å². The van der Waals surface area contributed by atoms with E-state index in [1.54, 1.807) is 7.11 Å². The number of rotatable bonds is 7.